The van der Waals surface area contributed by atoms with Crippen molar-refractivity contribution in [1.29, 1.82) is 0 Å². The van der Waals surface area contributed by atoms with Crippen molar-refractivity contribution in [2.24, 2.45) is 5.92 Å². The summed E-state index contributed by atoms with van der Waals surface area (Å²) in [5.41, 5.74) is 3.33. The molecule has 2 heteroatoms. The molecule has 1 fully saturated rings. The molecule has 0 saturated heterocycles. The van der Waals surface area contributed by atoms with Crippen LogP contribution in [0.3, 0.4) is 0 Å². The van der Waals surface area contributed by atoms with Crippen LogP contribution in [0, 0.1) is 12.8 Å². The molecule has 1 N–H and O–H groups in total. The number of aliphatic carboxylic acids is 1. The van der Waals surface area contributed by atoms with Crippen LogP contribution in [0.2, 0.25) is 0 Å². The minimum absolute atomic E-state index is 0.245. The van der Waals surface area contributed by atoms with Crippen LogP contribution in [-0.4, -0.2) is 11.1 Å². The van der Waals surface area contributed by atoms with Crippen LogP contribution in [-0.2, 0) is 4.79 Å². The van der Waals surface area contributed by atoms with Gasteiger partial charge in [-0.25, -0.2) is 4.79 Å². The number of hydrogen-bond acceptors (Lipinski definition) is 1. The first-order valence-electron chi connectivity index (χ1n) is 7.61. The van der Waals surface area contributed by atoms with E-state index in [2.05, 4.69) is 31.2 Å². The summed E-state index contributed by atoms with van der Waals surface area (Å²) in [6, 6.07) is 8.78. The fourth-order valence-electron chi connectivity index (χ4n) is 3.22. The Balaban J connectivity index is 2.00. The minimum Gasteiger partial charge on any atom is -0.478 e. The Bertz CT molecular complexity index is 477. The van der Waals surface area contributed by atoms with Gasteiger partial charge in [0, 0.05) is 5.57 Å². The lowest BCUT2D eigenvalue weighted by molar-refractivity contribution is -0.133. The number of rotatable bonds is 4. The minimum atomic E-state index is -0.731. The maximum Gasteiger partial charge on any atom is 0.331 e. The van der Waals surface area contributed by atoms with Gasteiger partial charge in [-0.05, 0) is 56.4 Å². The first-order valence-corrected chi connectivity index (χ1v) is 7.61. The Morgan fingerprint density at radius 2 is 1.80 bits per heavy atom. The molecule has 2 nitrogen and oxygen atoms in total. The molecule has 20 heavy (non-hydrogen) atoms. The summed E-state index contributed by atoms with van der Waals surface area (Å²) >= 11 is 0. The van der Waals surface area contributed by atoms with E-state index in [0.29, 0.717) is 11.5 Å². The number of hydrogen-bond donors (Lipinski definition) is 1. The molecule has 0 atom stereocenters. The summed E-state index contributed by atoms with van der Waals surface area (Å²) in [4.78, 5) is 11.3. The second kappa shape index (κ2) is 6.74. The van der Waals surface area contributed by atoms with Gasteiger partial charge in [0.1, 0.15) is 0 Å². The zero-order chi connectivity index (χ0) is 14.5. The topological polar surface area (TPSA) is 37.3 Å². The lowest BCUT2D eigenvalue weighted by Gasteiger charge is -2.29. The molecule has 0 aromatic heterocycles. The molecule has 0 aliphatic heterocycles. The van der Waals surface area contributed by atoms with E-state index in [9.17, 15) is 9.90 Å². The molecule has 1 aromatic rings. The van der Waals surface area contributed by atoms with Crippen molar-refractivity contribution in [3.8, 4) is 0 Å². The van der Waals surface area contributed by atoms with Crippen LogP contribution in [0.25, 0.3) is 0 Å². The molecular formula is C18H24O2. The average Bonchev–Trinajstić information content (AvgIpc) is 2.45. The summed E-state index contributed by atoms with van der Waals surface area (Å²) in [6.07, 6.45) is 6.89. The highest BCUT2D eigenvalue weighted by molar-refractivity contribution is 5.87. The van der Waals surface area contributed by atoms with E-state index in [1.165, 1.54) is 11.1 Å². The molecule has 0 heterocycles. The molecule has 1 aromatic carbocycles. The molecule has 0 amide bonds. The van der Waals surface area contributed by atoms with E-state index in [-0.39, 0.29) is 5.92 Å². The van der Waals surface area contributed by atoms with E-state index in [0.717, 1.165) is 32.1 Å². The van der Waals surface area contributed by atoms with E-state index in [4.69, 9.17) is 0 Å². The van der Waals surface area contributed by atoms with E-state index < -0.39 is 5.97 Å². The van der Waals surface area contributed by atoms with Gasteiger partial charge in [0.25, 0.3) is 0 Å². The van der Waals surface area contributed by atoms with Crippen LogP contribution >= 0.6 is 0 Å². The molecule has 2 rings (SSSR count). The van der Waals surface area contributed by atoms with Crippen molar-refractivity contribution < 1.29 is 9.90 Å². The summed E-state index contributed by atoms with van der Waals surface area (Å²) in [5.74, 6) is 0.114. The number of carboxylic acids is 1. The molecule has 0 unspecified atom stereocenters. The smallest absolute Gasteiger partial charge is 0.331 e. The van der Waals surface area contributed by atoms with Gasteiger partial charge in [-0.15, -0.1) is 0 Å². The molecular weight excluding hydrogens is 248 g/mol. The monoisotopic (exact) mass is 272 g/mol. The van der Waals surface area contributed by atoms with Crippen molar-refractivity contribution in [2.45, 2.75) is 51.9 Å². The predicted octanol–water partition coefficient (Wildman–Crippen LogP) is 4.69. The molecule has 0 spiro atoms. The van der Waals surface area contributed by atoms with E-state index >= 15 is 0 Å². The van der Waals surface area contributed by atoms with Gasteiger partial charge < -0.3 is 5.11 Å². The second-order valence-corrected chi connectivity index (χ2v) is 5.83. The number of allylic oxidation sites excluding steroid dienone is 1. The standard InChI is InChI=1S/C18H24O2/c1-3-4-17(18(19)20)16-11-9-15(10-12-16)14-7-5-13(2)6-8-14/h4-8,15-16H,3,9-12H2,1-2H3,(H,19,20). The molecule has 1 saturated carbocycles. The number of carbonyl (C=O) groups is 1. The molecule has 0 radical (unpaired) electrons. The Morgan fingerprint density at radius 3 is 2.30 bits per heavy atom. The Morgan fingerprint density at radius 1 is 1.20 bits per heavy atom. The predicted molar refractivity (Wildman–Crippen MR) is 81.9 cm³/mol. The zero-order valence-electron chi connectivity index (χ0n) is 12.4. The second-order valence-electron chi connectivity index (χ2n) is 5.83. The number of carboxylic acid groups (broad SMARTS) is 1. The van der Waals surface area contributed by atoms with Crippen LogP contribution in [0.4, 0.5) is 0 Å². The van der Waals surface area contributed by atoms with Gasteiger partial charge in [0.15, 0.2) is 0 Å². The average molecular weight is 272 g/mol. The SMILES string of the molecule is CCC=C(C(=O)O)C1CCC(c2ccc(C)cc2)CC1. The maximum atomic E-state index is 11.3. The highest BCUT2D eigenvalue weighted by atomic mass is 16.4. The van der Waals surface area contributed by atoms with Crippen LogP contribution in [0.15, 0.2) is 35.9 Å². The lowest BCUT2D eigenvalue weighted by atomic mass is 9.75. The molecule has 1 aliphatic carbocycles. The molecule has 0 bridgehead atoms. The summed E-state index contributed by atoms with van der Waals surface area (Å²) < 4.78 is 0. The zero-order valence-corrected chi connectivity index (χ0v) is 12.4. The number of aryl methyl sites for hydroxylation is 1. The lowest BCUT2D eigenvalue weighted by Crippen LogP contribution is -2.19. The normalized spacial score (nSPS) is 23.6. The van der Waals surface area contributed by atoms with Crippen molar-refractivity contribution in [1.82, 2.24) is 0 Å². The highest BCUT2D eigenvalue weighted by Gasteiger charge is 2.27. The Kier molecular flexibility index (Phi) is 4.99. The third-order valence-corrected chi connectivity index (χ3v) is 4.39. The largest absolute Gasteiger partial charge is 0.478 e. The fraction of sp³-hybridized carbons (Fsp3) is 0.500. The van der Waals surface area contributed by atoms with Crippen LogP contribution in [0.1, 0.15) is 56.1 Å². The van der Waals surface area contributed by atoms with Crippen molar-refractivity contribution in [3.63, 3.8) is 0 Å². The van der Waals surface area contributed by atoms with Crippen molar-refractivity contribution in [2.75, 3.05) is 0 Å². The van der Waals surface area contributed by atoms with Crippen LogP contribution in [0.5, 0.6) is 0 Å². The summed E-state index contributed by atoms with van der Waals surface area (Å²) in [7, 11) is 0. The van der Waals surface area contributed by atoms with Crippen molar-refractivity contribution >= 4 is 5.97 Å². The van der Waals surface area contributed by atoms with Gasteiger partial charge in [0.05, 0.1) is 0 Å². The summed E-state index contributed by atoms with van der Waals surface area (Å²) in [6.45, 7) is 4.11. The Hall–Kier alpha value is -1.57. The maximum absolute atomic E-state index is 11.3. The fourth-order valence-corrected chi connectivity index (χ4v) is 3.22. The Labute approximate surface area is 121 Å². The third-order valence-electron chi connectivity index (χ3n) is 4.39. The van der Waals surface area contributed by atoms with Gasteiger partial charge in [-0.3, -0.25) is 0 Å². The van der Waals surface area contributed by atoms with Gasteiger partial charge in [0.2, 0.25) is 0 Å². The van der Waals surface area contributed by atoms with Crippen molar-refractivity contribution in [3.05, 3.63) is 47.0 Å². The van der Waals surface area contributed by atoms with Gasteiger partial charge in [-0.2, -0.15) is 0 Å². The highest BCUT2D eigenvalue weighted by Crippen LogP contribution is 2.38. The van der Waals surface area contributed by atoms with E-state index in [1.54, 1.807) is 0 Å². The number of benzene rings is 1. The summed E-state index contributed by atoms with van der Waals surface area (Å²) in [5, 5.41) is 9.30. The molecule has 1 aliphatic rings. The third kappa shape index (κ3) is 3.50. The molecule has 108 valence electrons. The first-order chi connectivity index (χ1) is 9.61. The quantitative estimate of drug-likeness (QED) is 0.807. The van der Waals surface area contributed by atoms with Crippen LogP contribution < -0.4 is 0 Å². The van der Waals surface area contributed by atoms with Gasteiger partial charge in [-0.1, -0.05) is 42.8 Å². The first kappa shape index (κ1) is 14.8. The van der Waals surface area contributed by atoms with Gasteiger partial charge >= 0.3 is 5.97 Å². The van der Waals surface area contributed by atoms with E-state index in [1.807, 2.05) is 13.0 Å².